The van der Waals surface area contributed by atoms with Crippen LogP contribution in [-0.2, 0) is 11.8 Å². The Labute approximate surface area is 206 Å². The van der Waals surface area contributed by atoms with E-state index in [2.05, 4.69) is 108 Å². The second-order valence-corrected chi connectivity index (χ2v) is 11.6. The van der Waals surface area contributed by atoms with Crippen LogP contribution in [0.5, 0.6) is 0 Å². The van der Waals surface area contributed by atoms with E-state index in [-0.39, 0.29) is 5.41 Å². The van der Waals surface area contributed by atoms with Crippen molar-refractivity contribution >= 4 is 33.9 Å². The van der Waals surface area contributed by atoms with Crippen molar-refractivity contribution in [2.75, 3.05) is 0 Å². The maximum absolute atomic E-state index is 4.87. The van der Waals surface area contributed by atoms with Crippen LogP contribution >= 0.6 is 11.3 Å². The summed E-state index contributed by atoms with van der Waals surface area (Å²) in [6, 6.07) is 17.7. The molecular weight excluding hydrogens is 432 g/mol. The smallest absolute Gasteiger partial charge is 0.217 e. The van der Waals surface area contributed by atoms with Crippen molar-refractivity contribution in [2.45, 2.75) is 46.5 Å². The molecule has 172 valence electrons. The number of benzene rings is 2. The van der Waals surface area contributed by atoms with Gasteiger partial charge in [-0.15, -0.1) is 17.0 Å². The molecule has 0 amide bonds. The van der Waals surface area contributed by atoms with E-state index in [4.69, 9.17) is 5.32 Å². The van der Waals surface area contributed by atoms with E-state index in [0.29, 0.717) is 5.92 Å². The lowest BCUT2D eigenvalue weighted by Crippen LogP contribution is -2.22. The average Bonchev–Trinajstić information content (AvgIpc) is 3.20. The molecular formula is C31H32N2S. The molecule has 0 fully saturated rings. The second-order valence-electron chi connectivity index (χ2n) is 10.7. The molecule has 5 rings (SSSR count). The summed E-state index contributed by atoms with van der Waals surface area (Å²) in [6.45, 7) is 15.7. The Bertz CT molecular complexity index is 1530. The summed E-state index contributed by atoms with van der Waals surface area (Å²) in [5.41, 5.74) is 7.41. The van der Waals surface area contributed by atoms with Gasteiger partial charge in [-0.25, -0.2) is 0 Å². The molecule has 0 atom stereocenters. The predicted octanol–water partition coefficient (Wildman–Crippen LogP) is 7.51. The third kappa shape index (κ3) is 4.10. The van der Waals surface area contributed by atoms with Crippen LogP contribution in [0.3, 0.4) is 0 Å². The first-order chi connectivity index (χ1) is 16.2. The topological polar surface area (TPSA) is 20.0 Å². The maximum atomic E-state index is 4.87. The SMILES string of the molecule is C=[n+]1ccc(=C2[N-]C=Cc3scc(CC(C)C)c32)cc1-c1cc(C(C)(C)C)c2ccccc2c1. The Hall–Kier alpha value is -3.17. The fraction of sp³-hybridized carbons (Fsp3) is 0.258. The third-order valence-corrected chi connectivity index (χ3v) is 7.46. The molecule has 0 bridgehead atoms. The molecule has 0 N–H and O–H groups in total. The molecule has 0 saturated carbocycles. The molecule has 0 radical (unpaired) electrons. The van der Waals surface area contributed by atoms with Crippen molar-refractivity contribution in [2.24, 2.45) is 5.92 Å². The highest BCUT2D eigenvalue weighted by molar-refractivity contribution is 7.11. The van der Waals surface area contributed by atoms with Gasteiger partial charge in [0, 0.05) is 22.6 Å². The van der Waals surface area contributed by atoms with Crippen LogP contribution < -0.4 is 9.46 Å². The van der Waals surface area contributed by atoms with E-state index in [9.17, 15) is 0 Å². The molecule has 2 aromatic carbocycles. The first-order valence-electron chi connectivity index (χ1n) is 12.0. The predicted molar refractivity (Wildman–Crippen MR) is 146 cm³/mol. The minimum absolute atomic E-state index is 0.0365. The van der Waals surface area contributed by atoms with Gasteiger partial charge in [0.25, 0.3) is 0 Å². The van der Waals surface area contributed by atoms with E-state index in [1.54, 1.807) is 0 Å². The quantitative estimate of drug-likeness (QED) is 0.280. The molecule has 34 heavy (non-hydrogen) atoms. The van der Waals surface area contributed by atoms with Crippen LogP contribution in [0.15, 0.2) is 66.3 Å². The van der Waals surface area contributed by atoms with Gasteiger partial charge >= 0.3 is 0 Å². The van der Waals surface area contributed by atoms with Gasteiger partial charge < -0.3 is 5.32 Å². The summed E-state index contributed by atoms with van der Waals surface area (Å²) in [5.74, 6) is 0.604. The Morgan fingerprint density at radius 3 is 2.62 bits per heavy atom. The zero-order chi connectivity index (χ0) is 24.0. The lowest BCUT2D eigenvalue weighted by atomic mass is 9.82. The van der Waals surface area contributed by atoms with E-state index >= 15 is 0 Å². The van der Waals surface area contributed by atoms with Crippen LogP contribution in [0, 0.1) is 12.6 Å². The molecule has 0 aliphatic carbocycles. The van der Waals surface area contributed by atoms with Gasteiger partial charge in [0.1, 0.15) is 6.72 Å². The molecule has 0 saturated heterocycles. The van der Waals surface area contributed by atoms with Crippen LogP contribution in [-0.4, -0.2) is 0 Å². The number of fused-ring (bicyclic) bond motifs is 2. The van der Waals surface area contributed by atoms with E-state index in [1.807, 2.05) is 21.8 Å². The highest BCUT2D eigenvalue weighted by Gasteiger charge is 2.20. The van der Waals surface area contributed by atoms with E-state index in [0.717, 1.165) is 23.0 Å². The first-order valence-corrected chi connectivity index (χ1v) is 12.9. The lowest BCUT2D eigenvalue weighted by Gasteiger charge is -2.27. The molecule has 2 aromatic heterocycles. The summed E-state index contributed by atoms with van der Waals surface area (Å²) in [7, 11) is 0. The minimum Gasteiger partial charge on any atom is -0.663 e. The van der Waals surface area contributed by atoms with Crippen LogP contribution in [0.1, 0.15) is 56.2 Å². The van der Waals surface area contributed by atoms with Crippen LogP contribution in [0.2, 0.25) is 0 Å². The normalized spacial score (nSPS) is 15.0. The fourth-order valence-electron chi connectivity index (χ4n) is 4.86. The fourth-order valence-corrected chi connectivity index (χ4v) is 5.83. The zero-order valence-corrected chi connectivity index (χ0v) is 21.5. The highest BCUT2D eigenvalue weighted by Crippen LogP contribution is 2.37. The summed E-state index contributed by atoms with van der Waals surface area (Å²) in [6.07, 6.45) is 7.20. The highest BCUT2D eigenvalue weighted by atomic mass is 32.1. The largest absolute Gasteiger partial charge is 0.663 e. The Morgan fingerprint density at radius 2 is 1.85 bits per heavy atom. The number of nitrogens with zero attached hydrogens (tertiary/aromatic N) is 2. The zero-order valence-electron chi connectivity index (χ0n) is 20.7. The molecule has 1 aliphatic heterocycles. The lowest BCUT2D eigenvalue weighted by molar-refractivity contribution is -0.486. The number of rotatable bonds is 3. The van der Waals surface area contributed by atoms with Crippen molar-refractivity contribution in [1.29, 1.82) is 0 Å². The van der Waals surface area contributed by atoms with Gasteiger partial charge in [0.05, 0.1) is 0 Å². The Morgan fingerprint density at radius 1 is 1.06 bits per heavy atom. The van der Waals surface area contributed by atoms with Crippen molar-refractivity contribution in [3.8, 4) is 11.3 Å². The number of thiophene rings is 1. The summed E-state index contributed by atoms with van der Waals surface area (Å²) < 4.78 is 1.98. The Balaban J connectivity index is 1.75. The van der Waals surface area contributed by atoms with Gasteiger partial charge in [-0.3, -0.25) is 0 Å². The number of pyridine rings is 1. The van der Waals surface area contributed by atoms with Gasteiger partial charge in [-0.05, 0) is 67.9 Å². The van der Waals surface area contributed by atoms with Gasteiger partial charge in [-0.1, -0.05) is 65.0 Å². The second kappa shape index (κ2) is 8.56. The molecule has 2 nitrogen and oxygen atoms in total. The molecule has 3 heteroatoms. The van der Waals surface area contributed by atoms with Crippen molar-refractivity contribution in [3.05, 3.63) is 105 Å². The third-order valence-electron chi connectivity index (χ3n) is 6.46. The summed E-state index contributed by atoms with van der Waals surface area (Å²) >= 11 is 1.82. The average molecular weight is 465 g/mol. The van der Waals surface area contributed by atoms with Crippen LogP contribution in [0.4, 0.5) is 0 Å². The molecule has 1 aliphatic rings. The molecule has 0 spiro atoms. The van der Waals surface area contributed by atoms with E-state index < -0.39 is 0 Å². The van der Waals surface area contributed by atoms with Crippen molar-refractivity contribution in [3.63, 3.8) is 0 Å². The van der Waals surface area contributed by atoms with Crippen LogP contribution in [0.25, 0.3) is 39.1 Å². The van der Waals surface area contributed by atoms with E-state index in [1.165, 1.54) is 37.9 Å². The van der Waals surface area contributed by atoms with Crippen molar-refractivity contribution in [1.82, 2.24) is 0 Å². The summed E-state index contributed by atoms with van der Waals surface area (Å²) in [5, 5.41) is 10.9. The monoisotopic (exact) mass is 464 g/mol. The van der Waals surface area contributed by atoms with Gasteiger partial charge in [0.15, 0.2) is 6.20 Å². The van der Waals surface area contributed by atoms with Crippen molar-refractivity contribution < 1.29 is 4.24 Å². The number of hydrogen-bond donors (Lipinski definition) is 0. The van der Waals surface area contributed by atoms with Gasteiger partial charge in [0.2, 0.25) is 5.69 Å². The summed E-state index contributed by atoms with van der Waals surface area (Å²) in [4.78, 5) is 1.30. The number of aromatic nitrogens is 1. The maximum Gasteiger partial charge on any atom is 0.217 e. The van der Waals surface area contributed by atoms with Gasteiger partial charge in [-0.2, -0.15) is 10.4 Å². The molecule has 0 unspecified atom stereocenters. The standard InChI is InChI=1S/C31H32N2S/c1-20(2)15-24-19-34-28-11-13-32-30(29(24)28)22-12-14-33(6)27(18-22)23-16-21-9-7-8-10-25(21)26(17-23)31(3,4)5/h7-14,16-20H,6,15H2,1-5H3. The first kappa shape index (κ1) is 22.6. The minimum atomic E-state index is 0.0365. The molecule has 4 aromatic rings. The molecule has 3 heterocycles. The number of hydrogen-bond acceptors (Lipinski definition) is 1. The Kier molecular flexibility index (Phi) is 5.69.